The van der Waals surface area contributed by atoms with E-state index >= 15 is 0 Å². The summed E-state index contributed by atoms with van der Waals surface area (Å²) in [6.45, 7) is 9.87. The van der Waals surface area contributed by atoms with Crippen LogP contribution in [0.4, 0.5) is 34.1 Å². The lowest BCUT2D eigenvalue weighted by Crippen LogP contribution is -2.60. The van der Waals surface area contributed by atoms with Gasteiger partial charge in [-0.2, -0.15) is 0 Å². The maximum absolute atomic E-state index is 2.60. The smallest absolute Gasteiger partial charge is 0.264 e. The van der Waals surface area contributed by atoms with Crippen molar-refractivity contribution in [2.24, 2.45) is 0 Å². The maximum Gasteiger partial charge on any atom is 0.264 e. The maximum atomic E-state index is 2.60. The van der Waals surface area contributed by atoms with Crippen molar-refractivity contribution < 1.29 is 0 Å². The number of para-hydroxylation sites is 2. The van der Waals surface area contributed by atoms with Crippen LogP contribution in [0.25, 0.3) is 10.1 Å². The van der Waals surface area contributed by atoms with E-state index in [1.54, 1.807) is 0 Å². The monoisotopic (exact) mass is 586 g/mol. The zero-order valence-corrected chi connectivity index (χ0v) is 26.6. The topological polar surface area (TPSA) is 6.48 Å². The largest absolute Gasteiger partial charge is 0.311 e. The number of hydrogen-bond donors (Lipinski definition) is 0. The summed E-state index contributed by atoms with van der Waals surface area (Å²) in [7, 11) is 0. The highest BCUT2D eigenvalue weighted by atomic mass is 32.1. The molecule has 0 radical (unpaired) electrons. The highest BCUT2D eigenvalue weighted by molar-refractivity contribution is 7.33. The molecule has 1 aliphatic carbocycles. The average molecular weight is 587 g/mol. The molecule has 5 aromatic carbocycles. The number of rotatable bonds is 2. The first-order valence-electron chi connectivity index (χ1n) is 15.9. The summed E-state index contributed by atoms with van der Waals surface area (Å²) in [5.74, 6) is 0. The zero-order valence-electron chi connectivity index (χ0n) is 25.8. The van der Waals surface area contributed by atoms with E-state index in [4.69, 9.17) is 0 Å². The second-order valence-electron chi connectivity index (χ2n) is 14.0. The fourth-order valence-electron chi connectivity index (χ4n) is 8.16. The van der Waals surface area contributed by atoms with Crippen molar-refractivity contribution >= 4 is 78.0 Å². The molecule has 0 saturated carbocycles. The fourth-order valence-corrected chi connectivity index (χ4v) is 9.48. The molecule has 9 rings (SSSR count). The molecule has 6 aromatic rings. The summed E-state index contributed by atoms with van der Waals surface area (Å²) in [5, 5.41) is 1.34. The fraction of sp³-hybridized carbons (Fsp3) is 0.200. The van der Waals surface area contributed by atoms with Gasteiger partial charge in [-0.3, -0.25) is 0 Å². The molecule has 0 amide bonds. The average Bonchev–Trinajstić information content (AvgIpc) is 3.43. The van der Waals surface area contributed by atoms with E-state index in [2.05, 4.69) is 153 Å². The Labute approximate surface area is 264 Å². The van der Waals surface area contributed by atoms with Gasteiger partial charge in [0.15, 0.2) is 0 Å². The van der Waals surface area contributed by atoms with E-state index in [1.807, 2.05) is 11.3 Å². The molecule has 2 nitrogen and oxygen atoms in total. The van der Waals surface area contributed by atoms with Gasteiger partial charge in [0.25, 0.3) is 6.71 Å². The zero-order chi connectivity index (χ0) is 29.8. The predicted molar refractivity (Wildman–Crippen MR) is 191 cm³/mol. The Morgan fingerprint density at radius 1 is 0.591 bits per heavy atom. The van der Waals surface area contributed by atoms with Crippen LogP contribution >= 0.6 is 11.3 Å². The molecule has 0 saturated heterocycles. The van der Waals surface area contributed by atoms with Crippen LogP contribution in [-0.2, 0) is 10.8 Å². The number of hydrogen-bond acceptors (Lipinski definition) is 3. The molecule has 0 bridgehead atoms. The van der Waals surface area contributed by atoms with Crippen LogP contribution in [0.1, 0.15) is 51.7 Å². The van der Waals surface area contributed by atoms with Crippen molar-refractivity contribution in [3.8, 4) is 0 Å². The van der Waals surface area contributed by atoms with Crippen molar-refractivity contribution in [1.29, 1.82) is 0 Å². The summed E-state index contributed by atoms with van der Waals surface area (Å²) in [5.41, 5.74) is 13.7. The normalized spacial score (nSPS) is 17.1. The highest BCUT2D eigenvalue weighted by Gasteiger charge is 2.45. The standard InChI is InChI=1S/C40H35BN2S/c1-39(2)23-24-40(3,4)30-25-27(21-22-29(30)39)43-34-19-12-18-33-36(34)41(38-37(43)28-15-8-11-20-35(28)44-38)31-16-9-10-17-32(31)42(33)26-13-6-5-7-14-26/h5-22,25H,23-24H2,1-4H3. The molecule has 44 heavy (non-hydrogen) atoms. The van der Waals surface area contributed by atoms with Crippen molar-refractivity contribution in [3.05, 3.63) is 126 Å². The minimum absolute atomic E-state index is 0.137. The highest BCUT2D eigenvalue weighted by Crippen LogP contribution is 2.51. The lowest BCUT2D eigenvalue weighted by Gasteiger charge is -2.44. The first-order valence-corrected chi connectivity index (χ1v) is 16.7. The van der Waals surface area contributed by atoms with E-state index in [-0.39, 0.29) is 17.5 Å². The molecular weight excluding hydrogens is 551 g/mol. The first-order chi connectivity index (χ1) is 21.3. The molecule has 3 heterocycles. The van der Waals surface area contributed by atoms with Gasteiger partial charge in [0.2, 0.25) is 0 Å². The molecule has 0 fully saturated rings. The molecule has 0 spiro atoms. The first kappa shape index (κ1) is 26.2. The summed E-state index contributed by atoms with van der Waals surface area (Å²) in [4.78, 5) is 5.07. The molecule has 0 unspecified atom stereocenters. The molecule has 4 heteroatoms. The third-order valence-electron chi connectivity index (χ3n) is 10.5. The molecule has 1 aromatic heterocycles. The molecule has 3 aliphatic rings. The Bertz CT molecular complexity index is 2110. The Morgan fingerprint density at radius 3 is 2.07 bits per heavy atom. The third kappa shape index (κ3) is 3.55. The summed E-state index contributed by atoms with van der Waals surface area (Å²) in [6.07, 6.45) is 2.42. The van der Waals surface area contributed by atoms with E-state index in [0.29, 0.717) is 0 Å². The Balaban J connectivity index is 1.37. The van der Waals surface area contributed by atoms with Crippen molar-refractivity contribution in [2.75, 3.05) is 9.80 Å². The molecule has 214 valence electrons. The Hall–Kier alpha value is -4.28. The van der Waals surface area contributed by atoms with Gasteiger partial charge in [-0.05, 0) is 94.3 Å². The van der Waals surface area contributed by atoms with Gasteiger partial charge in [0.05, 0.1) is 5.69 Å². The van der Waals surface area contributed by atoms with Gasteiger partial charge in [0, 0.05) is 43.3 Å². The van der Waals surface area contributed by atoms with Gasteiger partial charge in [-0.15, -0.1) is 11.3 Å². The van der Waals surface area contributed by atoms with Crippen LogP contribution in [0, 0.1) is 0 Å². The number of thiophene rings is 1. The second kappa shape index (κ2) is 9.12. The van der Waals surface area contributed by atoms with E-state index in [9.17, 15) is 0 Å². The van der Waals surface area contributed by atoms with Crippen LogP contribution in [-0.4, -0.2) is 6.71 Å². The van der Waals surface area contributed by atoms with Crippen LogP contribution < -0.4 is 25.5 Å². The van der Waals surface area contributed by atoms with Gasteiger partial charge >= 0.3 is 0 Å². The van der Waals surface area contributed by atoms with Crippen LogP contribution in [0.5, 0.6) is 0 Å². The Morgan fingerprint density at radius 2 is 1.25 bits per heavy atom. The van der Waals surface area contributed by atoms with Crippen molar-refractivity contribution in [2.45, 2.75) is 51.4 Å². The van der Waals surface area contributed by atoms with E-state index in [1.165, 1.54) is 83.9 Å². The lowest BCUT2D eigenvalue weighted by atomic mass is 9.36. The number of nitrogens with zero attached hydrogens (tertiary/aromatic N) is 2. The predicted octanol–water partition coefficient (Wildman–Crippen LogP) is 9.33. The van der Waals surface area contributed by atoms with Gasteiger partial charge in [0.1, 0.15) is 0 Å². The number of fused-ring (bicyclic) bond motifs is 7. The second-order valence-corrected chi connectivity index (χ2v) is 15.1. The van der Waals surface area contributed by atoms with E-state index in [0.717, 1.165) is 0 Å². The number of anilines is 6. The molecule has 0 N–H and O–H groups in total. The summed E-state index contributed by atoms with van der Waals surface area (Å²) < 4.78 is 2.78. The lowest BCUT2D eigenvalue weighted by molar-refractivity contribution is 0.332. The van der Waals surface area contributed by atoms with Crippen LogP contribution in [0.2, 0.25) is 0 Å². The quantitative estimate of drug-likeness (QED) is 0.186. The molecule has 0 atom stereocenters. The van der Waals surface area contributed by atoms with Gasteiger partial charge in [-0.1, -0.05) is 94.4 Å². The third-order valence-corrected chi connectivity index (χ3v) is 11.7. The molecular formula is C40H35BN2S. The van der Waals surface area contributed by atoms with Gasteiger partial charge < -0.3 is 9.80 Å². The van der Waals surface area contributed by atoms with Crippen molar-refractivity contribution in [1.82, 2.24) is 0 Å². The summed E-state index contributed by atoms with van der Waals surface area (Å²) in [6, 6.07) is 43.2. The SMILES string of the molecule is CC1(C)CCC(C)(C)c2cc(N3c4cccc5c4B(c4ccccc4N5c4ccccc4)c4sc5ccccc5c43)ccc21. The van der Waals surface area contributed by atoms with Crippen LogP contribution in [0.15, 0.2) is 115 Å². The van der Waals surface area contributed by atoms with Gasteiger partial charge in [-0.25, -0.2) is 0 Å². The number of benzene rings is 5. The Kier molecular flexibility index (Phi) is 5.42. The van der Waals surface area contributed by atoms with Crippen molar-refractivity contribution in [3.63, 3.8) is 0 Å². The molecule has 2 aliphatic heterocycles. The summed E-state index contributed by atoms with van der Waals surface area (Å²) >= 11 is 1.97. The van der Waals surface area contributed by atoms with E-state index < -0.39 is 0 Å². The minimum atomic E-state index is 0.137. The van der Waals surface area contributed by atoms with Crippen LogP contribution in [0.3, 0.4) is 0 Å². The minimum Gasteiger partial charge on any atom is -0.311 e.